The van der Waals surface area contributed by atoms with Gasteiger partial charge in [-0.25, -0.2) is 0 Å². The number of fused-ring (bicyclic) bond motifs is 1. The number of nitrogens with zero attached hydrogens (tertiary/aromatic N) is 1. The molecule has 0 saturated carbocycles. The van der Waals surface area contributed by atoms with Gasteiger partial charge >= 0.3 is 0 Å². The lowest BCUT2D eigenvalue weighted by molar-refractivity contribution is 0.273. The molecule has 1 aromatic carbocycles. The van der Waals surface area contributed by atoms with Gasteiger partial charge in [0, 0.05) is 29.4 Å². The van der Waals surface area contributed by atoms with Gasteiger partial charge in [-0.2, -0.15) is 0 Å². The first-order valence-corrected chi connectivity index (χ1v) is 4.88. The molecule has 0 bridgehead atoms. The number of hydrogen-bond donors (Lipinski definition) is 2. The predicted octanol–water partition coefficient (Wildman–Crippen LogP) is 2.06. The maximum Gasteiger partial charge on any atom is 0.0833 e. The van der Waals surface area contributed by atoms with Crippen LogP contribution in [0.1, 0.15) is 18.2 Å². The highest BCUT2D eigenvalue weighted by Gasteiger charge is 2.05. The molecule has 0 amide bonds. The Bertz CT molecular complexity index is 526. The molecule has 0 aliphatic rings. The van der Waals surface area contributed by atoms with Crippen LogP contribution in [0.2, 0.25) is 0 Å². The average molecular weight is 202 g/mol. The molecule has 3 nitrogen and oxygen atoms in total. The topological polar surface area (TPSA) is 49.0 Å². The van der Waals surface area contributed by atoms with E-state index in [2.05, 4.69) is 0 Å². The van der Waals surface area contributed by atoms with Gasteiger partial charge < -0.3 is 15.1 Å². The van der Waals surface area contributed by atoms with Gasteiger partial charge in [0.25, 0.3) is 0 Å². The highest BCUT2D eigenvalue weighted by molar-refractivity contribution is 5.99. The first-order chi connectivity index (χ1) is 7.13. The lowest BCUT2D eigenvalue weighted by Crippen LogP contribution is -1.95. The lowest BCUT2D eigenvalue weighted by Gasteiger charge is -2.01. The van der Waals surface area contributed by atoms with Crippen LogP contribution >= 0.6 is 0 Å². The molecule has 2 rings (SSSR count). The number of rotatable bonds is 2. The number of aliphatic hydroxyl groups is 1. The van der Waals surface area contributed by atoms with Gasteiger partial charge in [0.15, 0.2) is 0 Å². The van der Waals surface area contributed by atoms with Crippen LogP contribution in [0.25, 0.3) is 10.9 Å². The van der Waals surface area contributed by atoms with E-state index in [0.29, 0.717) is 5.71 Å². The third-order valence-electron chi connectivity index (χ3n) is 2.74. The smallest absolute Gasteiger partial charge is 0.0833 e. The van der Waals surface area contributed by atoms with Crippen molar-refractivity contribution in [2.24, 2.45) is 7.05 Å². The third kappa shape index (κ3) is 1.55. The molecule has 15 heavy (non-hydrogen) atoms. The molecular weight excluding hydrogens is 188 g/mol. The fourth-order valence-electron chi connectivity index (χ4n) is 1.79. The van der Waals surface area contributed by atoms with Gasteiger partial charge in [0.2, 0.25) is 0 Å². The van der Waals surface area contributed by atoms with E-state index >= 15 is 0 Å². The first kappa shape index (κ1) is 9.93. The zero-order valence-corrected chi connectivity index (χ0v) is 8.91. The number of aromatic nitrogens is 1. The molecule has 1 heterocycles. The van der Waals surface area contributed by atoms with Crippen molar-refractivity contribution >= 4 is 16.6 Å². The van der Waals surface area contributed by atoms with Crippen LogP contribution in [0.4, 0.5) is 0 Å². The fourth-order valence-corrected chi connectivity index (χ4v) is 1.79. The molecule has 0 atom stereocenters. The second-order valence-corrected chi connectivity index (χ2v) is 3.75. The molecule has 0 aliphatic heterocycles. The summed E-state index contributed by atoms with van der Waals surface area (Å²) in [7, 11) is 1.94. The van der Waals surface area contributed by atoms with Crippen molar-refractivity contribution in [2.75, 3.05) is 0 Å². The maximum absolute atomic E-state index is 9.13. The summed E-state index contributed by atoms with van der Waals surface area (Å²) >= 11 is 0. The number of benzene rings is 1. The summed E-state index contributed by atoms with van der Waals surface area (Å²) in [6.45, 7) is 1.82. The maximum atomic E-state index is 9.13. The molecule has 3 heteroatoms. The number of nitrogens with one attached hydrogen (secondary N) is 1. The molecular formula is C12H14N2O. The van der Waals surface area contributed by atoms with E-state index in [0.717, 1.165) is 22.2 Å². The summed E-state index contributed by atoms with van der Waals surface area (Å²) in [4.78, 5) is 0. The summed E-state index contributed by atoms with van der Waals surface area (Å²) in [5.74, 6) is 0. The predicted molar refractivity (Wildman–Crippen MR) is 61.3 cm³/mol. The van der Waals surface area contributed by atoms with Crippen LogP contribution in [0.3, 0.4) is 0 Å². The summed E-state index contributed by atoms with van der Waals surface area (Å²) in [6.07, 6.45) is 0. The van der Waals surface area contributed by atoms with E-state index in [-0.39, 0.29) is 6.61 Å². The Morgan fingerprint density at radius 3 is 2.73 bits per heavy atom. The van der Waals surface area contributed by atoms with Crippen LogP contribution < -0.4 is 0 Å². The SMILES string of the molecule is CC(=N)c1ccc2c(c1)cc(CO)n2C. The Morgan fingerprint density at radius 2 is 2.13 bits per heavy atom. The van der Waals surface area contributed by atoms with Gasteiger partial charge in [-0.15, -0.1) is 0 Å². The van der Waals surface area contributed by atoms with Crippen molar-refractivity contribution < 1.29 is 5.11 Å². The van der Waals surface area contributed by atoms with Gasteiger partial charge in [-0.3, -0.25) is 0 Å². The largest absolute Gasteiger partial charge is 0.390 e. The summed E-state index contributed by atoms with van der Waals surface area (Å²) in [5, 5.41) is 17.8. The number of hydrogen-bond acceptors (Lipinski definition) is 2. The quantitative estimate of drug-likeness (QED) is 0.719. The molecule has 0 spiro atoms. The Morgan fingerprint density at radius 1 is 1.40 bits per heavy atom. The minimum absolute atomic E-state index is 0.0457. The van der Waals surface area contributed by atoms with Gasteiger partial charge in [0.1, 0.15) is 0 Å². The van der Waals surface area contributed by atoms with Crippen LogP contribution in [0, 0.1) is 5.41 Å². The fraction of sp³-hybridized carbons (Fsp3) is 0.250. The zero-order chi connectivity index (χ0) is 11.0. The second kappa shape index (κ2) is 3.51. The molecule has 0 fully saturated rings. The molecule has 0 saturated heterocycles. The van der Waals surface area contributed by atoms with Gasteiger partial charge in [-0.1, -0.05) is 6.07 Å². The van der Waals surface area contributed by atoms with Crippen molar-refractivity contribution in [1.82, 2.24) is 4.57 Å². The van der Waals surface area contributed by atoms with E-state index in [1.54, 1.807) is 6.92 Å². The van der Waals surface area contributed by atoms with Crippen molar-refractivity contribution in [1.29, 1.82) is 5.41 Å². The van der Waals surface area contributed by atoms with Crippen LogP contribution in [0.5, 0.6) is 0 Å². The Labute approximate surface area is 88.5 Å². The zero-order valence-electron chi connectivity index (χ0n) is 8.91. The van der Waals surface area contributed by atoms with E-state index in [4.69, 9.17) is 10.5 Å². The average Bonchev–Trinajstić information content (AvgIpc) is 2.55. The molecule has 0 unspecified atom stereocenters. The minimum Gasteiger partial charge on any atom is -0.390 e. The van der Waals surface area contributed by atoms with Crippen molar-refractivity contribution in [3.05, 3.63) is 35.5 Å². The monoisotopic (exact) mass is 202 g/mol. The molecule has 1 aromatic heterocycles. The molecule has 0 aliphatic carbocycles. The van der Waals surface area contributed by atoms with E-state index < -0.39 is 0 Å². The minimum atomic E-state index is 0.0457. The Balaban J connectivity index is 2.68. The van der Waals surface area contributed by atoms with Crippen LogP contribution in [-0.2, 0) is 13.7 Å². The number of aryl methyl sites for hydroxylation is 1. The lowest BCUT2D eigenvalue weighted by atomic mass is 10.1. The second-order valence-electron chi connectivity index (χ2n) is 3.75. The highest BCUT2D eigenvalue weighted by atomic mass is 16.3. The molecule has 78 valence electrons. The standard InChI is InChI=1S/C12H14N2O/c1-8(13)9-3-4-12-10(5-9)6-11(7-15)14(12)2/h3-6,13,15H,7H2,1-2H3. The first-order valence-electron chi connectivity index (χ1n) is 4.88. The van der Waals surface area contributed by atoms with Crippen molar-refractivity contribution in [2.45, 2.75) is 13.5 Å². The third-order valence-corrected chi connectivity index (χ3v) is 2.74. The highest BCUT2D eigenvalue weighted by Crippen LogP contribution is 2.20. The summed E-state index contributed by atoms with van der Waals surface area (Å²) in [6, 6.07) is 7.87. The van der Waals surface area contributed by atoms with Crippen molar-refractivity contribution in [3.8, 4) is 0 Å². The Kier molecular flexibility index (Phi) is 2.32. The number of aliphatic hydroxyl groups excluding tert-OH is 1. The molecule has 2 N–H and O–H groups in total. The summed E-state index contributed by atoms with van der Waals surface area (Å²) in [5.41, 5.74) is 3.47. The van der Waals surface area contributed by atoms with Gasteiger partial charge in [0.05, 0.1) is 6.61 Å². The van der Waals surface area contributed by atoms with Crippen molar-refractivity contribution in [3.63, 3.8) is 0 Å². The molecule has 0 radical (unpaired) electrons. The summed E-state index contributed by atoms with van der Waals surface area (Å²) < 4.78 is 1.97. The molecule has 2 aromatic rings. The Hall–Kier alpha value is -1.61. The van der Waals surface area contributed by atoms with E-state index in [9.17, 15) is 0 Å². The van der Waals surface area contributed by atoms with E-state index in [1.807, 2.05) is 35.9 Å². The van der Waals surface area contributed by atoms with Crippen LogP contribution in [-0.4, -0.2) is 15.4 Å². The van der Waals surface area contributed by atoms with Gasteiger partial charge in [-0.05, 0) is 30.7 Å². The van der Waals surface area contributed by atoms with Crippen LogP contribution in [0.15, 0.2) is 24.3 Å². The van der Waals surface area contributed by atoms with E-state index in [1.165, 1.54) is 0 Å². The normalized spacial score (nSPS) is 10.9.